The zero-order valence-corrected chi connectivity index (χ0v) is 26.8. The molecule has 2 N–H and O–H groups in total. The van der Waals surface area contributed by atoms with Crippen molar-refractivity contribution in [2.75, 3.05) is 45.9 Å². The predicted octanol–water partition coefficient (Wildman–Crippen LogP) is 7.81. The molecule has 1 heterocycles. The number of nitrogens with zero attached hydrogens (tertiary/aromatic N) is 1. The topological polar surface area (TPSA) is 79.9 Å². The Morgan fingerprint density at radius 1 is 0.738 bits per heavy atom. The van der Waals surface area contributed by atoms with E-state index in [1.165, 1.54) is 89.9 Å². The number of nitrogens with one attached hydrogen (secondary N) is 2. The van der Waals surface area contributed by atoms with E-state index in [2.05, 4.69) is 22.5 Å². The highest BCUT2D eigenvalue weighted by atomic mass is 16.6. The number of rotatable bonds is 25. The van der Waals surface area contributed by atoms with E-state index in [1.807, 2.05) is 18.2 Å². The molecule has 0 radical (unpaired) electrons. The van der Waals surface area contributed by atoms with Crippen molar-refractivity contribution in [1.29, 1.82) is 0 Å². The van der Waals surface area contributed by atoms with Crippen molar-refractivity contribution in [3.05, 3.63) is 29.8 Å². The van der Waals surface area contributed by atoms with Crippen LogP contribution in [0.4, 0.5) is 4.79 Å². The van der Waals surface area contributed by atoms with Crippen LogP contribution in [0.5, 0.6) is 5.75 Å². The molecular weight excluding hydrogens is 526 g/mol. The van der Waals surface area contributed by atoms with E-state index in [1.54, 1.807) is 6.07 Å². The van der Waals surface area contributed by atoms with Gasteiger partial charge in [0, 0.05) is 32.6 Å². The van der Waals surface area contributed by atoms with Crippen LogP contribution in [0.15, 0.2) is 24.3 Å². The van der Waals surface area contributed by atoms with E-state index in [-0.39, 0.29) is 5.91 Å². The number of morpholine rings is 1. The molecule has 0 bridgehead atoms. The Hall–Kier alpha value is -2.12. The fraction of sp³-hybridized carbons (Fsp3) is 0.771. The van der Waals surface area contributed by atoms with Crippen LogP contribution in [0, 0.1) is 0 Å². The van der Waals surface area contributed by atoms with E-state index in [0.29, 0.717) is 31.7 Å². The molecule has 42 heavy (non-hydrogen) atoms. The third-order valence-electron chi connectivity index (χ3n) is 8.17. The zero-order valence-electron chi connectivity index (χ0n) is 26.8. The molecule has 2 rings (SSSR count). The number of carbonyl (C=O) groups excluding carboxylic acids is 2. The molecule has 0 aromatic heterocycles. The maximum absolute atomic E-state index is 12.3. The minimum absolute atomic E-state index is 0.0275. The number of hydrogen-bond donors (Lipinski definition) is 2. The van der Waals surface area contributed by atoms with Crippen LogP contribution in [0.3, 0.4) is 0 Å². The van der Waals surface area contributed by atoms with E-state index >= 15 is 0 Å². The van der Waals surface area contributed by atoms with Crippen LogP contribution < -0.4 is 15.4 Å². The molecule has 0 aliphatic carbocycles. The van der Waals surface area contributed by atoms with Gasteiger partial charge in [0.25, 0.3) is 0 Å². The summed E-state index contributed by atoms with van der Waals surface area (Å²) >= 11 is 0. The Labute approximate surface area is 256 Å². The van der Waals surface area contributed by atoms with Gasteiger partial charge in [-0.3, -0.25) is 9.69 Å². The number of carbonyl (C=O) groups is 2. The number of unbranched alkanes of at least 4 members (excludes halogenated alkanes) is 15. The van der Waals surface area contributed by atoms with Crippen LogP contribution in [-0.4, -0.2) is 62.8 Å². The van der Waals surface area contributed by atoms with Crippen molar-refractivity contribution >= 4 is 12.0 Å². The van der Waals surface area contributed by atoms with E-state index in [9.17, 15) is 9.59 Å². The lowest BCUT2D eigenvalue weighted by Crippen LogP contribution is -2.38. The molecule has 1 aromatic carbocycles. The molecule has 1 fully saturated rings. The summed E-state index contributed by atoms with van der Waals surface area (Å²) in [4.78, 5) is 27.0. The quantitative estimate of drug-likeness (QED) is 0.114. The van der Waals surface area contributed by atoms with Crippen molar-refractivity contribution in [2.45, 2.75) is 129 Å². The molecule has 7 heteroatoms. The fourth-order valence-corrected chi connectivity index (χ4v) is 5.50. The highest BCUT2D eigenvalue weighted by molar-refractivity contribution is 5.76. The second kappa shape index (κ2) is 25.4. The number of aryl methyl sites for hydroxylation is 1. The molecule has 7 nitrogen and oxygen atoms in total. The maximum atomic E-state index is 12.3. The van der Waals surface area contributed by atoms with Crippen molar-refractivity contribution in [3.63, 3.8) is 0 Å². The minimum atomic E-state index is -0.420. The largest absolute Gasteiger partial charge is 0.412 e. The smallest absolute Gasteiger partial charge is 0.410 e. The Kier molecular flexibility index (Phi) is 21.8. The Morgan fingerprint density at radius 3 is 1.90 bits per heavy atom. The van der Waals surface area contributed by atoms with Gasteiger partial charge in [0.05, 0.1) is 13.2 Å². The van der Waals surface area contributed by atoms with E-state index < -0.39 is 6.09 Å². The summed E-state index contributed by atoms with van der Waals surface area (Å²) in [6.45, 7) is 8.10. The number of benzene rings is 1. The number of para-hydroxylation sites is 1. The van der Waals surface area contributed by atoms with Crippen molar-refractivity contribution in [2.24, 2.45) is 0 Å². The van der Waals surface area contributed by atoms with E-state index in [4.69, 9.17) is 9.47 Å². The monoisotopic (exact) mass is 587 g/mol. The maximum Gasteiger partial charge on any atom is 0.412 e. The lowest BCUT2D eigenvalue weighted by Gasteiger charge is -2.26. The van der Waals surface area contributed by atoms with Gasteiger partial charge in [-0.1, -0.05) is 121 Å². The number of amides is 2. The van der Waals surface area contributed by atoms with Crippen LogP contribution in [0.25, 0.3) is 0 Å². The number of hydrogen-bond acceptors (Lipinski definition) is 5. The van der Waals surface area contributed by atoms with Gasteiger partial charge in [-0.05, 0) is 37.4 Å². The Balaban J connectivity index is 1.43. The molecule has 0 saturated carbocycles. The van der Waals surface area contributed by atoms with Crippen molar-refractivity contribution < 1.29 is 19.1 Å². The van der Waals surface area contributed by atoms with Crippen LogP contribution >= 0.6 is 0 Å². The second-order valence-electron chi connectivity index (χ2n) is 11.9. The highest BCUT2D eigenvalue weighted by Crippen LogP contribution is 2.20. The average molecular weight is 588 g/mol. The van der Waals surface area contributed by atoms with Gasteiger partial charge in [0.15, 0.2) is 0 Å². The van der Waals surface area contributed by atoms with Gasteiger partial charge in [-0.25, -0.2) is 4.79 Å². The van der Waals surface area contributed by atoms with Crippen molar-refractivity contribution in [1.82, 2.24) is 15.5 Å². The lowest BCUT2D eigenvalue weighted by atomic mass is 10.0. The predicted molar refractivity (Wildman–Crippen MR) is 173 cm³/mol. The van der Waals surface area contributed by atoms with E-state index in [0.717, 1.165) is 57.7 Å². The molecule has 1 aromatic rings. The van der Waals surface area contributed by atoms with Gasteiger partial charge in [0.1, 0.15) is 5.75 Å². The highest BCUT2D eigenvalue weighted by Gasteiger charge is 2.12. The average Bonchev–Trinajstić information content (AvgIpc) is 3.01. The van der Waals surface area contributed by atoms with Crippen LogP contribution in [-0.2, 0) is 16.0 Å². The Morgan fingerprint density at radius 2 is 1.29 bits per heavy atom. The molecule has 0 spiro atoms. The molecular formula is C35H61N3O4. The number of ether oxygens (including phenoxy) is 2. The summed E-state index contributed by atoms with van der Waals surface area (Å²) < 4.78 is 10.9. The summed E-state index contributed by atoms with van der Waals surface area (Å²) in [5.74, 6) is 0.557. The first-order valence-electron chi connectivity index (χ1n) is 17.3. The summed E-state index contributed by atoms with van der Waals surface area (Å²) in [6.07, 6.45) is 22.8. The molecule has 0 unspecified atom stereocenters. The van der Waals surface area contributed by atoms with Gasteiger partial charge < -0.3 is 20.1 Å². The molecule has 1 aliphatic heterocycles. The van der Waals surface area contributed by atoms with Gasteiger partial charge in [-0.15, -0.1) is 0 Å². The summed E-state index contributed by atoms with van der Waals surface area (Å²) in [6, 6.07) is 7.48. The first kappa shape index (κ1) is 36.1. The molecule has 1 saturated heterocycles. The van der Waals surface area contributed by atoms with Crippen LogP contribution in [0.2, 0.25) is 0 Å². The fourth-order valence-electron chi connectivity index (χ4n) is 5.50. The molecule has 2 amide bonds. The molecule has 1 aliphatic rings. The van der Waals surface area contributed by atoms with Crippen molar-refractivity contribution in [3.8, 4) is 5.75 Å². The summed E-state index contributed by atoms with van der Waals surface area (Å²) in [5.41, 5.74) is 0.874. The minimum Gasteiger partial charge on any atom is -0.410 e. The van der Waals surface area contributed by atoms with Gasteiger partial charge in [0.2, 0.25) is 5.91 Å². The summed E-state index contributed by atoms with van der Waals surface area (Å²) in [5, 5.41) is 5.89. The summed E-state index contributed by atoms with van der Waals surface area (Å²) in [7, 11) is 0. The van der Waals surface area contributed by atoms with Gasteiger partial charge in [-0.2, -0.15) is 0 Å². The zero-order chi connectivity index (χ0) is 29.9. The van der Waals surface area contributed by atoms with Crippen LogP contribution in [0.1, 0.15) is 128 Å². The standard InChI is InChI=1S/C35H61N3O4/c1-2-3-4-5-6-7-8-9-10-11-12-13-14-15-16-19-25-37-35(40)42-33-22-18-17-21-32(33)23-24-34(39)36-26-20-27-38-28-30-41-31-29-38/h17-18,21-22H,2-16,19-20,23-31H2,1H3,(H,36,39)(H,37,40). The third kappa shape index (κ3) is 19.1. The second-order valence-corrected chi connectivity index (χ2v) is 11.9. The first-order chi connectivity index (χ1) is 20.7. The third-order valence-corrected chi connectivity index (χ3v) is 8.17. The Bertz CT molecular complexity index is 813. The normalized spacial score (nSPS) is 13.6. The first-order valence-corrected chi connectivity index (χ1v) is 17.3. The lowest BCUT2D eigenvalue weighted by molar-refractivity contribution is -0.121. The SMILES string of the molecule is CCCCCCCCCCCCCCCCCCNC(=O)Oc1ccccc1CCC(=O)NCCCN1CCOCC1. The molecule has 240 valence electrons. The van der Waals surface area contributed by atoms with Gasteiger partial charge >= 0.3 is 6.09 Å². The molecule has 0 atom stereocenters.